The zero-order valence-electron chi connectivity index (χ0n) is 10.4. The van der Waals surface area contributed by atoms with Gasteiger partial charge in [0.25, 0.3) is 5.91 Å². The van der Waals surface area contributed by atoms with E-state index < -0.39 is 11.3 Å². The van der Waals surface area contributed by atoms with Gasteiger partial charge in [-0.25, -0.2) is 4.99 Å². The minimum atomic E-state index is -1.06. The molecule has 4 nitrogen and oxygen atoms in total. The number of hydrogen-bond acceptors (Lipinski definition) is 3. The molecule has 0 spiro atoms. The molecule has 0 fully saturated rings. The van der Waals surface area contributed by atoms with Gasteiger partial charge >= 0.3 is 29.6 Å². The van der Waals surface area contributed by atoms with Crippen LogP contribution in [0.3, 0.4) is 0 Å². The third-order valence-electron chi connectivity index (χ3n) is 2.74. The van der Waals surface area contributed by atoms with Gasteiger partial charge in [-0.3, -0.25) is 9.59 Å². The molecule has 0 saturated carbocycles. The van der Waals surface area contributed by atoms with Crippen molar-refractivity contribution in [1.29, 1.82) is 0 Å². The molecule has 1 heterocycles. The summed E-state index contributed by atoms with van der Waals surface area (Å²) < 4.78 is 0. The summed E-state index contributed by atoms with van der Waals surface area (Å²) in [5.41, 5.74) is -1.06. The zero-order valence-corrected chi connectivity index (χ0v) is 13.3. The first-order chi connectivity index (χ1) is 7.56. The predicted molar refractivity (Wildman–Crippen MR) is 64.7 cm³/mol. The van der Waals surface area contributed by atoms with Crippen LogP contribution in [0.1, 0.15) is 33.1 Å². The van der Waals surface area contributed by atoms with Crippen LogP contribution in [0.4, 0.5) is 0 Å². The molecule has 0 radical (unpaired) electrons. The summed E-state index contributed by atoms with van der Waals surface area (Å²) in [5, 5.41) is 2.42. The molecule has 1 aliphatic heterocycles. The minimum Gasteiger partial charge on any atom is -0.742 e. The number of allylic oxidation sites excluding steroid dienone is 2. The Bertz CT molecular complexity index is 368. The van der Waals surface area contributed by atoms with Gasteiger partial charge in [-0.15, -0.1) is 0 Å². The summed E-state index contributed by atoms with van der Waals surface area (Å²) in [4.78, 5) is 27.3. The van der Waals surface area contributed by atoms with Crippen molar-refractivity contribution >= 4 is 29.6 Å². The van der Waals surface area contributed by atoms with Gasteiger partial charge in [-0.1, -0.05) is 26.0 Å². The molecular formula is C11H15N2NaO2S. The first-order valence-corrected chi connectivity index (χ1v) is 5.74. The molecule has 88 valence electrons. The Kier molecular flexibility index (Phi) is 7.16. The van der Waals surface area contributed by atoms with Crippen LogP contribution in [0.15, 0.2) is 17.1 Å². The Morgan fingerprint density at radius 1 is 1.35 bits per heavy atom. The molecule has 6 heteroatoms. The first kappa shape index (κ1) is 16.8. The number of carbonyl (C=O) groups excluding carboxylic acids is 2. The second-order valence-electron chi connectivity index (χ2n) is 3.70. The van der Waals surface area contributed by atoms with Crippen molar-refractivity contribution in [3.8, 4) is 0 Å². The maximum Gasteiger partial charge on any atom is 1.00 e. The molecule has 0 aromatic heterocycles. The third-order valence-corrected chi connectivity index (χ3v) is 2.93. The maximum absolute atomic E-state index is 11.8. The van der Waals surface area contributed by atoms with Gasteiger partial charge in [-0.05, 0) is 24.4 Å². The monoisotopic (exact) mass is 262 g/mol. The van der Waals surface area contributed by atoms with Crippen molar-refractivity contribution in [2.75, 3.05) is 0 Å². The minimum absolute atomic E-state index is 0. The van der Waals surface area contributed by atoms with E-state index in [0.29, 0.717) is 12.8 Å². The first-order valence-electron chi connectivity index (χ1n) is 5.33. The number of carbonyl (C=O) groups is 2. The van der Waals surface area contributed by atoms with E-state index in [0.717, 1.165) is 6.42 Å². The normalized spacial score (nSPS) is 24.2. The van der Waals surface area contributed by atoms with Crippen molar-refractivity contribution in [1.82, 2.24) is 5.32 Å². The van der Waals surface area contributed by atoms with Crippen molar-refractivity contribution in [2.24, 2.45) is 10.4 Å². The summed E-state index contributed by atoms with van der Waals surface area (Å²) in [6.45, 7) is 3.80. The number of rotatable bonds is 4. The number of aliphatic imine (C=N–C) groups is 1. The standard InChI is InChI=1S/C11H16N2O2S.Na/c1-3-5-6-7-11(4-2)8(14)12-10(16)13-9(11)15;/h5-6H,3-4,7H2,1-2H3,(H2,12,13,14,15,16);/q;+1/p-1. The van der Waals surface area contributed by atoms with Crippen LogP contribution in [-0.4, -0.2) is 17.0 Å². The van der Waals surface area contributed by atoms with Crippen LogP contribution in [-0.2, 0) is 22.2 Å². The molecular weight excluding hydrogens is 247 g/mol. The van der Waals surface area contributed by atoms with E-state index in [4.69, 9.17) is 12.6 Å². The molecule has 17 heavy (non-hydrogen) atoms. The molecule has 0 aromatic carbocycles. The van der Waals surface area contributed by atoms with Crippen LogP contribution >= 0.6 is 0 Å². The largest absolute Gasteiger partial charge is 1.00 e. The van der Waals surface area contributed by atoms with Crippen molar-refractivity contribution in [3.63, 3.8) is 0 Å². The summed E-state index contributed by atoms with van der Waals surface area (Å²) in [5.74, 6) is -0.759. The van der Waals surface area contributed by atoms with Crippen molar-refractivity contribution in [2.45, 2.75) is 33.1 Å². The third kappa shape index (κ3) is 3.61. The zero-order chi connectivity index (χ0) is 12.2. The molecule has 1 N–H and O–H groups in total. The van der Waals surface area contributed by atoms with Crippen LogP contribution < -0.4 is 34.9 Å². The average molecular weight is 262 g/mol. The van der Waals surface area contributed by atoms with E-state index in [-0.39, 0.29) is 40.6 Å². The Balaban J connectivity index is 0.00000256. The van der Waals surface area contributed by atoms with Gasteiger partial charge in [0.15, 0.2) is 0 Å². The van der Waals surface area contributed by atoms with E-state index in [1.54, 1.807) is 6.92 Å². The molecule has 1 aliphatic rings. The summed E-state index contributed by atoms with van der Waals surface area (Å²) >= 11 is 4.71. The van der Waals surface area contributed by atoms with Crippen molar-refractivity contribution in [3.05, 3.63) is 12.2 Å². The fraction of sp³-hybridized carbons (Fsp3) is 0.545. The van der Waals surface area contributed by atoms with E-state index in [2.05, 4.69) is 10.3 Å². The van der Waals surface area contributed by atoms with E-state index >= 15 is 0 Å². The van der Waals surface area contributed by atoms with Crippen LogP contribution in [0.5, 0.6) is 0 Å². The predicted octanol–water partition coefficient (Wildman–Crippen LogP) is -1.70. The number of amidine groups is 1. The molecule has 0 aliphatic carbocycles. The topological polar surface area (TPSA) is 58.5 Å². The fourth-order valence-electron chi connectivity index (χ4n) is 1.63. The summed E-state index contributed by atoms with van der Waals surface area (Å²) in [7, 11) is 0. The van der Waals surface area contributed by atoms with E-state index in [1.165, 1.54) is 0 Å². The van der Waals surface area contributed by atoms with Gasteiger partial charge in [0.05, 0.1) is 0 Å². The Morgan fingerprint density at radius 2 is 2.00 bits per heavy atom. The molecule has 1 unspecified atom stereocenters. The molecule has 0 bridgehead atoms. The number of nitrogens with one attached hydrogen (secondary N) is 1. The summed E-state index contributed by atoms with van der Waals surface area (Å²) in [6.07, 6.45) is 5.48. The SMILES string of the molecule is CCC=CCC1(CC)C(=O)N=C([S-])NC1=O.[Na+]. The second kappa shape index (κ2) is 7.26. The van der Waals surface area contributed by atoms with Crippen LogP contribution in [0.2, 0.25) is 0 Å². The van der Waals surface area contributed by atoms with E-state index in [1.807, 2.05) is 19.1 Å². The molecule has 1 atom stereocenters. The van der Waals surface area contributed by atoms with Gasteiger partial charge in [0, 0.05) is 0 Å². The van der Waals surface area contributed by atoms with Gasteiger partial charge < -0.3 is 17.9 Å². The fourth-order valence-corrected chi connectivity index (χ4v) is 1.80. The number of amides is 2. The quantitative estimate of drug-likeness (QED) is 0.284. The molecule has 1 rings (SSSR count). The van der Waals surface area contributed by atoms with E-state index in [9.17, 15) is 9.59 Å². The Hall–Kier alpha value is -0.230. The van der Waals surface area contributed by atoms with Crippen molar-refractivity contribution < 1.29 is 39.1 Å². The second-order valence-corrected chi connectivity index (χ2v) is 4.08. The van der Waals surface area contributed by atoms with Gasteiger partial charge in [-0.2, -0.15) is 0 Å². The number of hydrogen-bond donors (Lipinski definition) is 1. The van der Waals surface area contributed by atoms with Gasteiger partial charge in [0.1, 0.15) is 5.41 Å². The molecule has 2 amide bonds. The average Bonchev–Trinajstić information content (AvgIpc) is 2.22. The molecule has 0 saturated heterocycles. The van der Waals surface area contributed by atoms with Gasteiger partial charge in [0.2, 0.25) is 5.91 Å². The van der Waals surface area contributed by atoms with Crippen LogP contribution in [0.25, 0.3) is 0 Å². The summed E-state index contributed by atoms with van der Waals surface area (Å²) in [6, 6.07) is 0. The van der Waals surface area contributed by atoms with Crippen LogP contribution in [0, 0.1) is 5.41 Å². The number of nitrogens with zero attached hydrogens (tertiary/aromatic N) is 1. The Morgan fingerprint density at radius 3 is 2.47 bits per heavy atom. The Labute approximate surface area is 129 Å². The molecule has 0 aromatic rings. The smallest absolute Gasteiger partial charge is 0.742 e. The maximum atomic E-state index is 11.8.